The Kier molecular flexibility index (Phi) is 1.72. The first kappa shape index (κ1) is 8.94. The Labute approximate surface area is 94.6 Å². The SMILES string of the molecule is C#Cc1cn2[n+](c1)[B-]n1cc(C#C)c[n+]1[B-]2. The molecule has 4 radical (unpaired) electrons. The van der Waals surface area contributed by atoms with Gasteiger partial charge in [-0.3, -0.25) is 0 Å². The third kappa shape index (κ3) is 1.17. The molecule has 1 aliphatic rings. The summed E-state index contributed by atoms with van der Waals surface area (Å²) in [5, 5.41) is 0. The van der Waals surface area contributed by atoms with Gasteiger partial charge in [-0.2, -0.15) is 0 Å². The third-order valence-corrected chi connectivity index (χ3v) is 2.43. The Bertz CT molecular complexity index is 556. The summed E-state index contributed by atoms with van der Waals surface area (Å²) in [5.41, 5.74) is 1.66. The van der Waals surface area contributed by atoms with E-state index in [-0.39, 0.29) is 0 Å². The van der Waals surface area contributed by atoms with Crippen molar-refractivity contribution >= 4 is 15.1 Å². The van der Waals surface area contributed by atoms with E-state index in [1.165, 1.54) is 0 Å². The number of aromatic nitrogens is 4. The first-order chi connectivity index (χ1) is 7.80. The second-order valence-electron chi connectivity index (χ2n) is 3.47. The van der Waals surface area contributed by atoms with Gasteiger partial charge in [0.05, 0.1) is 0 Å². The largest absolute Gasteiger partial charge is 0.394 e. The molecular formula is C10H6B2N4. The predicted molar refractivity (Wildman–Crippen MR) is 58.2 cm³/mol. The molecule has 2 aromatic heterocycles. The highest BCUT2D eigenvalue weighted by Crippen LogP contribution is 1.95. The molecule has 0 unspecified atom stereocenters. The van der Waals surface area contributed by atoms with Crippen LogP contribution in [0, 0.1) is 24.7 Å². The quantitative estimate of drug-likeness (QED) is 0.297. The Hall–Kier alpha value is -2.33. The van der Waals surface area contributed by atoms with Gasteiger partial charge in [0, 0.05) is 12.4 Å². The van der Waals surface area contributed by atoms with Gasteiger partial charge in [0.1, 0.15) is 23.5 Å². The van der Waals surface area contributed by atoms with Crippen molar-refractivity contribution in [2.24, 2.45) is 0 Å². The zero-order chi connectivity index (χ0) is 11.1. The molecule has 3 rings (SSSR count). The highest BCUT2D eigenvalue weighted by atomic mass is 15.5. The van der Waals surface area contributed by atoms with Crippen LogP contribution < -0.4 is 9.19 Å². The summed E-state index contributed by atoms with van der Waals surface area (Å²) in [4.78, 5) is 0. The zero-order valence-corrected chi connectivity index (χ0v) is 8.41. The van der Waals surface area contributed by atoms with Crippen LogP contribution in [0.3, 0.4) is 0 Å². The lowest BCUT2D eigenvalue weighted by Gasteiger charge is -2.26. The maximum atomic E-state index is 5.34. The fourth-order valence-corrected chi connectivity index (χ4v) is 1.67. The maximum absolute atomic E-state index is 5.34. The summed E-state index contributed by atoms with van der Waals surface area (Å²) >= 11 is 0. The molecule has 0 spiro atoms. The molecule has 3 heterocycles. The van der Waals surface area contributed by atoms with E-state index in [0.717, 1.165) is 11.1 Å². The van der Waals surface area contributed by atoms with Crippen LogP contribution in [0.15, 0.2) is 24.8 Å². The Balaban J connectivity index is 2.06. The van der Waals surface area contributed by atoms with E-state index in [1.807, 2.05) is 58.3 Å². The third-order valence-electron chi connectivity index (χ3n) is 2.43. The number of fused-ring (bicyclic) bond motifs is 2. The molecule has 0 aliphatic carbocycles. The van der Waals surface area contributed by atoms with Crippen LogP contribution in [-0.4, -0.2) is 24.3 Å². The minimum Gasteiger partial charge on any atom is -0.394 e. The van der Waals surface area contributed by atoms with E-state index in [9.17, 15) is 0 Å². The lowest BCUT2D eigenvalue weighted by molar-refractivity contribution is -0.690. The summed E-state index contributed by atoms with van der Waals surface area (Å²) in [6.07, 6.45) is 18.2. The van der Waals surface area contributed by atoms with Gasteiger partial charge in [0.2, 0.25) is 0 Å². The van der Waals surface area contributed by atoms with E-state index in [2.05, 4.69) is 11.8 Å². The fraction of sp³-hybridized carbons (Fsp3) is 0. The predicted octanol–water partition coefficient (Wildman–Crippen LogP) is -2.00. The van der Waals surface area contributed by atoms with Crippen molar-refractivity contribution in [1.82, 2.24) is 9.19 Å². The monoisotopic (exact) mass is 204 g/mol. The van der Waals surface area contributed by atoms with Gasteiger partial charge < -0.3 is 18.4 Å². The standard InChI is InChI=1S/C10H6B2N4/c1-3-9-5-13-11-15-7-10(4-2)8-16(15)12-14(13)6-9/h1-2,5-8H. The molecule has 6 heteroatoms. The first-order valence-electron chi connectivity index (χ1n) is 4.70. The van der Waals surface area contributed by atoms with Gasteiger partial charge in [-0.15, -0.1) is 12.8 Å². The van der Waals surface area contributed by atoms with Crippen LogP contribution >= 0.6 is 0 Å². The van der Waals surface area contributed by atoms with Crippen molar-refractivity contribution in [2.75, 3.05) is 0 Å². The van der Waals surface area contributed by atoms with Crippen molar-refractivity contribution in [3.05, 3.63) is 35.9 Å². The van der Waals surface area contributed by atoms with Crippen molar-refractivity contribution < 1.29 is 9.19 Å². The van der Waals surface area contributed by atoms with Crippen LogP contribution in [-0.2, 0) is 0 Å². The minimum absolute atomic E-state index is 0.830. The number of rotatable bonds is 0. The molecule has 72 valence electrons. The normalized spacial score (nSPS) is 12.4. The molecule has 0 saturated heterocycles. The second kappa shape index (κ2) is 3.08. The highest BCUT2D eigenvalue weighted by Gasteiger charge is 2.13. The first-order valence-corrected chi connectivity index (χ1v) is 4.70. The van der Waals surface area contributed by atoms with Gasteiger partial charge in [0.25, 0.3) is 0 Å². The molecule has 1 aliphatic heterocycles. The van der Waals surface area contributed by atoms with Crippen LogP contribution in [0.5, 0.6) is 0 Å². The van der Waals surface area contributed by atoms with E-state index >= 15 is 0 Å². The summed E-state index contributed by atoms with van der Waals surface area (Å²) in [7, 11) is 3.78. The Morgan fingerprint density at radius 2 is 1.38 bits per heavy atom. The van der Waals surface area contributed by atoms with Gasteiger partial charge >= 0.3 is 15.1 Å². The number of terminal acetylenes is 2. The molecule has 0 atom stereocenters. The van der Waals surface area contributed by atoms with Crippen LogP contribution in [0.4, 0.5) is 0 Å². The van der Waals surface area contributed by atoms with E-state index in [0.29, 0.717) is 0 Å². The molecular weight excluding hydrogens is 198 g/mol. The summed E-state index contributed by atoms with van der Waals surface area (Å²) < 4.78 is 7.54. The molecule has 16 heavy (non-hydrogen) atoms. The maximum Gasteiger partial charge on any atom is 0.310 e. The molecule has 4 nitrogen and oxygen atoms in total. The summed E-state index contributed by atoms with van der Waals surface area (Å²) in [6, 6.07) is 0. The molecule has 0 amide bonds. The van der Waals surface area contributed by atoms with E-state index in [1.54, 1.807) is 0 Å². The minimum atomic E-state index is 0.830. The van der Waals surface area contributed by atoms with Crippen molar-refractivity contribution in [2.45, 2.75) is 0 Å². The fourth-order valence-electron chi connectivity index (χ4n) is 1.67. The molecule has 0 bridgehead atoms. The van der Waals surface area contributed by atoms with Crippen LogP contribution in [0.2, 0.25) is 0 Å². The van der Waals surface area contributed by atoms with Gasteiger partial charge in [-0.05, 0) is 0 Å². The van der Waals surface area contributed by atoms with Crippen LogP contribution in [0.1, 0.15) is 11.1 Å². The van der Waals surface area contributed by atoms with Crippen LogP contribution in [0.25, 0.3) is 0 Å². The number of hydrogen-bond donors (Lipinski definition) is 0. The summed E-state index contributed by atoms with van der Waals surface area (Å²) in [5.74, 6) is 5.19. The number of hydrogen-bond acceptors (Lipinski definition) is 0. The molecule has 0 saturated carbocycles. The molecule has 0 fully saturated rings. The molecule has 2 aromatic rings. The van der Waals surface area contributed by atoms with Crippen molar-refractivity contribution in [3.8, 4) is 24.7 Å². The van der Waals surface area contributed by atoms with Gasteiger partial charge in [0.15, 0.2) is 0 Å². The average molecular weight is 204 g/mol. The molecule has 0 aromatic carbocycles. The Morgan fingerprint density at radius 1 is 0.938 bits per heavy atom. The lowest BCUT2D eigenvalue weighted by Crippen LogP contribution is -2.70. The Morgan fingerprint density at radius 3 is 1.75 bits per heavy atom. The van der Waals surface area contributed by atoms with Crippen molar-refractivity contribution in [1.29, 1.82) is 0 Å². The molecule has 0 N–H and O–H groups in total. The highest BCUT2D eigenvalue weighted by molar-refractivity contribution is 6.28. The zero-order valence-electron chi connectivity index (χ0n) is 8.41. The average Bonchev–Trinajstić information content (AvgIpc) is 2.86. The van der Waals surface area contributed by atoms with Gasteiger partial charge in [-0.25, -0.2) is 0 Å². The lowest BCUT2D eigenvalue weighted by atomic mass is 10.1. The van der Waals surface area contributed by atoms with E-state index in [4.69, 9.17) is 12.8 Å². The van der Waals surface area contributed by atoms with Gasteiger partial charge in [-0.1, -0.05) is 11.8 Å². The summed E-state index contributed by atoms with van der Waals surface area (Å²) in [6.45, 7) is 0. The topological polar surface area (TPSA) is 17.6 Å². The second-order valence-corrected chi connectivity index (χ2v) is 3.47. The van der Waals surface area contributed by atoms with E-state index < -0.39 is 0 Å². The number of nitrogens with zero attached hydrogens (tertiary/aromatic N) is 4. The van der Waals surface area contributed by atoms with Crippen molar-refractivity contribution in [3.63, 3.8) is 0 Å². The smallest absolute Gasteiger partial charge is 0.310 e.